The average molecular weight is 471 g/mol. The van der Waals surface area contributed by atoms with Crippen LogP contribution in [0.1, 0.15) is 45.4 Å². The molecule has 4 rings (SSSR count). The van der Waals surface area contributed by atoms with Crippen LogP contribution in [0.15, 0.2) is 41.6 Å². The van der Waals surface area contributed by atoms with Crippen LogP contribution in [0.5, 0.6) is 0 Å². The summed E-state index contributed by atoms with van der Waals surface area (Å²) >= 11 is 0. The van der Waals surface area contributed by atoms with E-state index >= 15 is 0 Å². The SMILES string of the molecule is CCCCNc1ncc2c(-c3ccc(S(N)(=O)=O)cc3)cn(CC3CCC(NC)CC3)c2n1. The first-order chi connectivity index (χ1) is 15.9. The number of nitrogens with one attached hydrogen (secondary N) is 2. The van der Waals surface area contributed by atoms with Crippen molar-refractivity contribution in [3.63, 3.8) is 0 Å². The highest BCUT2D eigenvalue weighted by Gasteiger charge is 2.22. The van der Waals surface area contributed by atoms with Crippen molar-refractivity contribution in [3.05, 3.63) is 36.7 Å². The van der Waals surface area contributed by atoms with E-state index in [9.17, 15) is 8.42 Å². The van der Waals surface area contributed by atoms with Gasteiger partial charge in [0.2, 0.25) is 16.0 Å². The molecule has 0 radical (unpaired) electrons. The average Bonchev–Trinajstić information content (AvgIpc) is 3.17. The van der Waals surface area contributed by atoms with Crippen LogP contribution in [-0.2, 0) is 16.6 Å². The highest BCUT2D eigenvalue weighted by molar-refractivity contribution is 7.89. The Morgan fingerprint density at radius 2 is 1.88 bits per heavy atom. The zero-order chi connectivity index (χ0) is 23.4. The molecule has 3 aromatic rings. The van der Waals surface area contributed by atoms with E-state index in [0.29, 0.717) is 17.9 Å². The van der Waals surface area contributed by atoms with Crippen LogP contribution in [0, 0.1) is 5.92 Å². The van der Waals surface area contributed by atoms with Crippen molar-refractivity contribution in [2.75, 3.05) is 18.9 Å². The summed E-state index contributed by atoms with van der Waals surface area (Å²) in [5, 5.41) is 13.0. The van der Waals surface area contributed by atoms with E-state index < -0.39 is 10.0 Å². The van der Waals surface area contributed by atoms with Gasteiger partial charge in [-0.3, -0.25) is 0 Å². The van der Waals surface area contributed by atoms with Crippen LogP contribution < -0.4 is 15.8 Å². The van der Waals surface area contributed by atoms with Gasteiger partial charge in [0.1, 0.15) is 5.65 Å². The molecule has 2 heterocycles. The van der Waals surface area contributed by atoms with Crippen molar-refractivity contribution in [3.8, 4) is 11.1 Å². The fraction of sp³-hybridized carbons (Fsp3) is 0.500. The molecule has 1 fully saturated rings. The number of nitrogens with zero attached hydrogens (tertiary/aromatic N) is 3. The highest BCUT2D eigenvalue weighted by atomic mass is 32.2. The maximum absolute atomic E-state index is 11.7. The quantitative estimate of drug-likeness (QED) is 0.411. The van der Waals surface area contributed by atoms with Gasteiger partial charge in [0.05, 0.1) is 4.90 Å². The predicted octanol–water partition coefficient (Wildman–Crippen LogP) is 3.74. The van der Waals surface area contributed by atoms with Gasteiger partial charge < -0.3 is 15.2 Å². The molecular weight excluding hydrogens is 436 g/mol. The van der Waals surface area contributed by atoms with Crippen molar-refractivity contribution in [2.45, 2.75) is 62.9 Å². The zero-order valence-corrected chi connectivity index (χ0v) is 20.2. The molecule has 0 aliphatic heterocycles. The van der Waals surface area contributed by atoms with Crippen LogP contribution in [0.4, 0.5) is 5.95 Å². The second kappa shape index (κ2) is 10.2. The van der Waals surface area contributed by atoms with Gasteiger partial charge >= 0.3 is 0 Å². The topological polar surface area (TPSA) is 115 Å². The Balaban J connectivity index is 1.68. The number of unbranched alkanes of at least 4 members (excludes halogenated alkanes) is 1. The molecule has 0 amide bonds. The van der Waals surface area contributed by atoms with Gasteiger partial charge in [-0.05, 0) is 62.8 Å². The molecule has 1 aliphatic carbocycles. The molecule has 9 heteroatoms. The zero-order valence-electron chi connectivity index (χ0n) is 19.4. The summed E-state index contributed by atoms with van der Waals surface area (Å²) in [6, 6.07) is 7.31. The van der Waals surface area contributed by atoms with Crippen molar-refractivity contribution >= 4 is 27.0 Å². The smallest absolute Gasteiger partial charge is 0.238 e. The third kappa shape index (κ3) is 5.54. The van der Waals surface area contributed by atoms with Crippen LogP contribution in [0.2, 0.25) is 0 Å². The van der Waals surface area contributed by atoms with Crippen molar-refractivity contribution in [2.24, 2.45) is 11.1 Å². The Hall–Kier alpha value is -2.49. The molecule has 0 unspecified atom stereocenters. The van der Waals surface area contributed by atoms with E-state index in [1.807, 2.05) is 13.2 Å². The summed E-state index contributed by atoms with van der Waals surface area (Å²) in [6.45, 7) is 3.92. The summed E-state index contributed by atoms with van der Waals surface area (Å²) in [4.78, 5) is 9.51. The third-order valence-electron chi connectivity index (χ3n) is 6.63. The highest BCUT2D eigenvalue weighted by Crippen LogP contribution is 2.33. The summed E-state index contributed by atoms with van der Waals surface area (Å²) in [5.41, 5.74) is 2.82. The maximum Gasteiger partial charge on any atom is 0.238 e. The lowest BCUT2D eigenvalue weighted by atomic mass is 9.86. The number of hydrogen-bond donors (Lipinski definition) is 3. The number of nitrogens with two attached hydrogens (primary N) is 1. The minimum absolute atomic E-state index is 0.106. The molecule has 1 saturated carbocycles. The van der Waals surface area contributed by atoms with E-state index in [2.05, 4.69) is 33.3 Å². The first-order valence-electron chi connectivity index (χ1n) is 11.8. The van der Waals surface area contributed by atoms with Gasteiger partial charge in [-0.1, -0.05) is 25.5 Å². The molecule has 178 valence electrons. The maximum atomic E-state index is 11.7. The summed E-state index contributed by atoms with van der Waals surface area (Å²) in [7, 11) is -1.68. The number of benzene rings is 1. The van der Waals surface area contributed by atoms with E-state index in [1.165, 1.54) is 25.7 Å². The number of hydrogen-bond acceptors (Lipinski definition) is 6. The number of primary sulfonamides is 1. The van der Waals surface area contributed by atoms with Gasteiger partial charge in [-0.25, -0.2) is 18.5 Å². The summed E-state index contributed by atoms with van der Waals surface area (Å²) in [5.74, 6) is 1.25. The Morgan fingerprint density at radius 3 is 2.52 bits per heavy atom. The molecule has 4 N–H and O–H groups in total. The van der Waals surface area contributed by atoms with Gasteiger partial charge in [0.25, 0.3) is 0 Å². The molecule has 1 aliphatic rings. The van der Waals surface area contributed by atoms with E-state index in [4.69, 9.17) is 10.1 Å². The normalized spacial score (nSPS) is 19.1. The number of sulfonamides is 1. The van der Waals surface area contributed by atoms with Crippen molar-refractivity contribution in [1.29, 1.82) is 0 Å². The Labute approximate surface area is 196 Å². The standard InChI is InChI=1S/C24H34N6O2S/c1-3-4-13-27-24-28-14-21-22(18-7-11-20(12-8-18)33(25,31)32)16-30(23(21)29-24)15-17-5-9-19(26-2)10-6-17/h7-8,11-12,14,16-17,19,26H,3-6,9-10,13,15H2,1-2H3,(H2,25,31,32)(H,27,28,29). The lowest BCUT2D eigenvalue weighted by molar-refractivity contribution is 0.277. The second-order valence-electron chi connectivity index (χ2n) is 8.98. The minimum atomic E-state index is -3.73. The van der Waals surface area contributed by atoms with E-state index in [1.54, 1.807) is 24.3 Å². The molecule has 1 aromatic carbocycles. The third-order valence-corrected chi connectivity index (χ3v) is 7.56. The summed E-state index contributed by atoms with van der Waals surface area (Å²) < 4.78 is 25.5. The van der Waals surface area contributed by atoms with Gasteiger partial charge in [-0.15, -0.1) is 0 Å². The fourth-order valence-electron chi connectivity index (χ4n) is 4.64. The fourth-order valence-corrected chi connectivity index (χ4v) is 5.15. The lowest BCUT2D eigenvalue weighted by Gasteiger charge is -2.28. The monoisotopic (exact) mass is 470 g/mol. The minimum Gasteiger partial charge on any atom is -0.354 e. The summed E-state index contributed by atoms with van der Waals surface area (Å²) in [6.07, 6.45) is 11.0. The molecular formula is C24H34N6O2S. The van der Waals surface area contributed by atoms with Crippen molar-refractivity contribution < 1.29 is 8.42 Å². The number of fused-ring (bicyclic) bond motifs is 1. The molecule has 0 bridgehead atoms. The number of anilines is 1. The first kappa shape index (κ1) is 23.7. The Bertz CT molecular complexity index is 1180. The lowest BCUT2D eigenvalue weighted by Crippen LogP contribution is -2.31. The van der Waals surface area contributed by atoms with Crippen molar-refractivity contribution in [1.82, 2.24) is 19.9 Å². The molecule has 33 heavy (non-hydrogen) atoms. The van der Waals surface area contributed by atoms with Crippen LogP contribution in [0.25, 0.3) is 22.2 Å². The van der Waals surface area contributed by atoms with E-state index in [-0.39, 0.29) is 4.90 Å². The molecule has 8 nitrogen and oxygen atoms in total. The van der Waals surface area contributed by atoms with Crippen LogP contribution in [-0.4, -0.2) is 42.6 Å². The first-order valence-corrected chi connectivity index (χ1v) is 13.3. The number of rotatable bonds is 9. The second-order valence-corrected chi connectivity index (χ2v) is 10.5. The molecule has 0 saturated heterocycles. The van der Waals surface area contributed by atoms with Gasteiger partial charge in [-0.2, -0.15) is 4.98 Å². The van der Waals surface area contributed by atoms with Gasteiger partial charge in [0.15, 0.2) is 0 Å². The van der Waals surface area contributed by atoms with Crippen LogP contribution in [0.3, 0.4) is 0 Å². The largest absolute Gasteiger partial charge is 0.354 e. The predicted molar refractivity (Wildman–Crippen MR) is 133 cm³/mol. The Kier molecular flexibility index (Phi) is 7.31. The van der Waals surface area contributed by atoms with Crippen LogP contribution >= 0.6 is 0 Å². The molecule has 0 atom stereocenters. The molecule has 2 aromatic heterocycles. The van der Waals surface area contributed by atoms with E-state index in [0.717, 1.165) is 48.1 Å². The number of aromatic nitrogens is 3. The molecule has 0 spiro atoms. The van der Waals surface area contributed by atoms with Gasteiger partial charge in [0, 0.05) is 42.5 Å². The Morgan fingerprint density at radius 1 is 1.15 bits per heavy atom.